The molecule has 2 atom stereocenters. The summed E-state index contributed by atoms with van der Waals surface area (Å²) in [6.45, 7) is 7.66. The fraction of sp³-hybridized carbons (Fsp3) is 0.400. The van der Waals surface area contributed by atoms with Gasteiger partial charge >= 0.3 is 12.4 Å². The summed E-state index contributed by atoms with van der Waals surface area (Å²) in [5, 5.41) is 3.38. The number of benzene rings is 3. The van der Waals surface area contributed by atoms with E-state index < -0.39 is 47.9 Å². The van der Waals surface area contributed by atoms with E-state index in [9.17, 15) is 26.3 Å². The van der Waals surface area contributed by atoms with Crippen molar-refractivity contribution in [2.45, 2.75) is 71.0 Å². The molecule has 1 aliphatic rings. The van der Waals surface area contributed by atoms with E-state index in [-0.39, 0.29) is 11.6 Å². The van der Waals surface area contributed by atoms with Crippen LogP contribution in [0.1, 0.15) is 60.3 Å². The quantitative estimate of drug-likeness (QED) is 0.277. The Morgan fingerprint density at radius 2 is 1.52 bits per heavy atom. The molecule has 216 valence electrons. The molecule has 40 heavy (non-hydrogen) atoms. The summed E-state index contributed by atoms with van der Waals surface area (Å²) in [5.41, 5.74) is -0.318. The molecular formula is C30H31F6NO3. The minimum atomic E-state index is -4.95. The highest BCUT2D eigenvalue weighted by molar-refractivity contribution is 5.54. The molecule has 0 saturated heterocycles. The monoisotopic (exact) mass is 567 g/mol. The zero-order valence-corrected chi connectivity index (χ0v) is 22.5. The Hall–Kier alpha value is -3.24. The molecule has 3 aromatic rings. The van der Waals surface area contributed by atoms with Crippen LogP contribution >= 0.6 is 0 Å². The molecule has 1 aliphatic heterocycles. The normalized spacial score (nSPS) is 18.6. The van der Waals surface area contributed by atoms with Crippen LogP contribution in [0.15, 0.2) is 60.7 Å². The smallest absolute Gasteiger partial charge is 0.416 e. The van der Waals surface area contributed by atoms with E-state index in [1.807, 2.05) is 49.4 Å². The molecule has 10 heteroatoms. The first-order valence-electron chi connectivity index (χ1n) is 12.8. The van der Waals surface area contributed by atoms with Gasteiger partial charge in [-0.2, -0.15) is 26.3 Å². The highest BCUT2D eigenvalue weighted by Gasteiger charge is 2.46. The summed E-state index contributed by atoms with van der Waals surface area (Å²) < 4.78 is 98.4. The predicted octanol–water partition coefficient (Wildman–Crippen LogP) is 8.48. The van der Waals surface area contributed by atoms with Crippen molar-refractivity contribution < 1.29 is 40.6 Å². The van der Waals surface area contributed by atoms with Gasteiger partial charge in [-0.05, 0) is 80.8 Å². The minimum absolute atomic E-state index is 0.0991. The summed E-state index contributed by atoms with van der Waals surface area (Å²) in [4.78, 5) is 0. The lowest BCUT2D eigenvalue weighted by molar-refractivity contribution is -0.166. The molecule has 4 nitrogen and oxygen atoms in total. The minimum Gasteiger partial charge on any atom is -0.485 e. The van der Waals surface area contributed by atoms with Gasteiger partial charge in [0.15, 0.2) is 0 Å². The maximum absolute atomic E-state index is 13.4. The second-order valence-electron chi connectivity index (χ2n) is 10.3. The molecular weight excluding hydrogens is 536 g/mol. The van der Waals surface area contributed by atoms with E-state index in [4.69, 9.17) is 14.2 Å². The number of alkyl halides is 6. The molecule has 4 rings (SSSR count). The van der Waals surface area contributed by atoms with Crippen molar-refractivity contribution in [1.29, 1.82) is 0 Å². The zero-order valence-electron chi connectivity index (χ0n) is 22.5. The van der Waals surface area contributed by atoms with E-state index in [1.165, 1.54) is 0 Å². The molecule has 0 fully saturated rings. The molecule has 0 radical (unpaired) electrons. The highest BCUT2D eigenvalue weighted by Crippen LogP contribution is 2.45. The van der Waals surface area contributed by atoms with Crippen LogP contribution in [0.3, 0.4) is 0 Å². The molecule has 1 N–H and O–H groups in total. The Kier molecular flexibility index (Phi) is 8.42. The Labute approximate surface area is 229 Å². The predicted molar refractivity (Wildman–Crippen MR) is 139 cm³/mol. The number of anilines is 1. The summed E-state index contributed by atoms with van der Waals surface area (Å²) in [7, 11) is 0. The van der Waals surface area contributed by atoms with E-state index >= 15 is 0 Å². The third-order valence-corrected chi connectivity index (χ3v) is 6.82. The number of aryl methyl sites for hydroxylation is 1. The number of halogens is 6. The third kappa shape index (κ3) is 6.72. The zero-order chi connectivity index (χ0) is 29.3. The average molecular weight is 568 g/mol. The van der Waals surface area contributed by atoms with Crippen LogP contribution in [0.4, 0.5) is 32.0 Å². The Morgan fingerprint density at radius 3 is 2.12 bits per heavy atom. The van der Waals surface area contributed by atoms with Crippen molar-refractivity contribution >= 4 is 5.69 Å². The Bertz CT molecular complexity index is 1300. The highest BCUT2D eigenvalue weighted by atomic mass is 19.4. The van der Waals surface area contributed by atoms with E-state index in [0.717, 1.165) is 16.8 Å². The van der Waals surface area contributed by atoms with Gasteiger partial charge in [0, 0.05) is 24.4 Å². The van der Waals surface area contributed by atoms with Crippen molar-refractivity contribution in [2.24, 2.45) is 0 Å². The second-order valence-corrected chi connectivity index (χ2v) is 10.3. The third-order valence-electron chi connectivity index (χ3n) is 6.82. The van der Waals surface area contributed by atoms with Gasteiger partial charge in [-0.1, -0.05) is 24.3 Å². The lowest BCUT2D eigenvalue weighted by Gasteiger charge is -2.44. The number of nitrogens with one attached hydrogen (secondary N) is 1. The van der Waals surface area contributed by atoms with Gasteiger partial charge < -0.3 is 19.5 Å². The van der Waals surface area contributed by atoms with Gasteiger partial charge in [0.05, 0.1) is 17.7 Å². The number of rotatable bonds is 8. The van der Waals surface area contributed by atoms with Crippen LogP contribution in [-0.4, -0.2) is 18.3 Å². The first-order chi connectivity index (χ1) is 18.7. The van der Waals surface area contributed by atoms with Crippen molar-refractivity contribution in [3.8, 4) is 5.75 Å². The fourth-order valence-corrected chi connectivity index (χ4v) is 4.78. The molecule has 0 amide bonds. The fourth-order valence-electron chi connectivity index (χ4n) is 4.78. The standard InChI is InChI=1S/C30H31F6NO3/c1-5-38-26-24-15-23(37-16-20-9-7-6-8-18(20)2)10-11-25(24)40-28(3,4)27(26)39-17-19-12-21(29(31,32)33)14-22(13-19)30(34,35)36/h6-15,26-27,37H,5,16-17H2,1-4H3. The van der Waals surface area contributed by atoms with E-state index in [0.29, 0.717) is 36.6 Å². The van der Waals surface area contributed by atoms with Gasteiger partial charge in [-0.25, -0.2) is 0 Å². The first kappa shape index (κ1) is 29.7. The Balaban J connectivity index is 1.61. The lowest BCUT2D eigenvalue weighted by Crippen LogP contribution is -2.51. The summed E-state index contributed by atoms with van der Waals surface area (Å²) in [6.07, 6.45) is -11.4. The van der Waals surface area contributed by atoms with Gasteiger partial charge in [-0.3, -0.25) is 0 Å². The Morgan fingerprint density at radius 1 is 0.875 bits per heavy atom. The van der Waals surface area contributed by atoms with E-state index in [1.54, 1.807) is 20.8 Å². The summed E-state index contributed by atoms with van der Waals surface area (Å²) in [6, 6.07) is 15.0. The summed E-state index contributed by atoms with van der Waals surface area (Å²) >= 11 is 0. The number of hydrogen-bond donors (Lipinski definition) is 1. The van der Waals surface area contributed by atoms with Crippen molar-refractivity contribution in [2.75, 3.05) is 11.9 Å². The molecule has 2 unspecified atom stereocenters. The van der Waals surface area contributed by atoms with Crippen molar-refractivity contribution in [3.63, 3.8) is 0 Å². The number of hydrogen-bond acceptors (Lipinski definition) is 4. The largest absolute Gasteiger partial charge is 0.485 e. The molecule has 0 bridgehead atoms. The molecule has 0 spiro atoms. The van der Waals surface area contributed by atoms with Crippen molar-refractivity contribution in [3.05, 3.63) is 94.0 Å². The van der Waals surface area contributed by atoms with Crippen LogP contribution in [0, 0.1) is 6.92 Å². The molecule has 0 saturated carbocycles. The van der Waals surface area contributed by atoms with Gasteiger partial charge in [0.2, 0.25) is 0 Å². The number of fused-ring (bicyclic) bond motifs is 1. The maximum Gasteiger partial charge on any atom is 0.416 e. The number of ether oxygens (including phenoxy) is 3. The molecule has 0 aliphatic carbocycles. The topological polar surface area (TPSA) is 39.7 Å². The summed E-state index contributed by atoms with van der Waals surface area (Å²) in [5.74, 6) is 0.558. The second kappa shape index (κ2) is 11.3. The first-order valence-corrected chi connectivity index (χ1v) is 12.8. The van der Waals surface area contributed by atoms with Gasteiger partial charge in [0.1, 0.15) is 23.6 Å². The van der Waals surface area contributed by atoms with Crippen LogP contribution < -0.4 is 10.1 Å². The SMILES string of the molecule is CCOC1c2cc(NCc3ccccc3C)ccc2OC(C)(C)C1OCc1cc(C(F)(F)F)cc(C(F)(F)F)c1. The average Bonchev–Trinajstić information content (AvgIpc) is 2.86. The maximum atomic E-state index is 13.4. The molecule has 0 aromatic heterocycles. The van der Waals surface area contributed by atoms with E-state index in [2.05, 4.69) is 5.32 Å². The van der Waals surface area contributed by atoms with Gasteiger partial charge in [-0.15, -0.1) is 0 Å². The van der Waals surface area contributed by atoms with Crippen LogP contribution in [0.2, 0.25) is 0 Å². The van der Waals surface area contributed by atoms with Crippen molar-refractivity contribution in [1.82, 2.24) is 0 Å². The van der Waals surface area contributed by atoms with Crippen LogP contribution in [-0.2, 0) is 35.0 Å². The van der Waals surface area contributed by atoms with Gasteiger partial charge in [0.25, 0.3) is 0 Å². The lowest BCUT2D eigenvalue weighted by atomic mass is 9.87. The van der Waals surface area contributed by atoms with Crippen LogP contribution in [0.25, 0.3) is 0 Å². The molecule has 3 aromatic carbocycles. The molecule has 1 heterocycles. The van der Waals surface area contributed by atoms with Crippen LogP contribution in [0.5, 0.6) is 5.75 Å².